The second kappa shape index (κ2) is 8.85. The van der Waals surface area contributed by atoms with Gasteiger partial charge in [0.1, 0.15) is 5.75 Å². The smallest absolute Gasteiger partial charge is 0.251 e. The van der Waals surface area contributed by atoms with E-state index < -0.39 is 0 Å². The van der Waals surface area contributed by atoms with Crippen LogP contribution < -0.4 is 15.4 Å². The molecule has 5 nitrogen and oxygen atoms in total. The lowest BCUT2D eigenvalue weighted by Crippen LogP contribution is -2.17. The monoisotopic (exact) mass is 352 g/mol. The van der Waals surface area contributed by atoms with Gasteiger partial charge in [-0.3, -0.25) is 9.59 Å². The molecular weight excluding hydrogens is 328 g/mol. The van der Waals surface area contributed by atoms with Gasteiger partial charge in [0.15, 0.2) is 0 Å². The van der Waals surface area contributed by atoms with E-state index in [-0.39, 0.29) is 17.9 Å². The summed E-state index contributed by atoms with van der Waals surface area (Å²) in [5, 5.41) is 5.42. The highest BCUT2D eigenvalue weighted by Crippen LogP contribution is 2.22. The Bertz CT molecular complexity index is 809. The van der Waals surface area contributed by atoms with Gasteiger partial charge in [-0.25, -0.2) is 0 Å². The number of aryl methyl sites for hydroxylation is 1. The van der Waals surface area contributed by atoms with E-state index in [1.54, 1.807) is 37.4 Å². The Morgan fingerprint density at radius 2 is 1.77 bits per heavy atom. The van der Waals surface area contributed by atoms with E-state index in [9.17, 15) is 9.59 Å². The number of hydrogen-bond donors (Lipinski definition) is 2. The molecule has 0 radical (unpaired) electrons. The minimum Gasteiger partial charge on any atom is -0.491 e. The highest BCUT2D eigenvalue weighted by molar-refractivity contribution is 6.02. The molecule has 0 heterocycles. The van der Waals surface area contributed by atoms with Gasteiger partial charge in [0, 0.05) is 24.4 Å². The van der Waals surface area contributed by atoms with Crippen molar-refractivity contribution < 1.29 is 14.3 Å². The molecule has 2 aromatic rings. The van der Waals surface area contributed by atoms with Gasteiger partial charge in [-0.2, -0.15) is 0 Å². The van der Waals surface area contributed by atoms with Crippen LogP contribution in [0.3, 0.4) is 0 Å². The zero-order valence-electron chi connectivity index (χ0n) is 15.5. The van der Waals surface area contributed by atoms with Gasteiger partial charge >= 0.3 is 0 Å². The second-order valence-corrected chi connectivity index (χ2v) is 6.17. The molecule has 0 atom stereocenters. The average molecular weight is 352 g/mol. The quantitative estimate of drug-likeness (QED) is 0.777. The number of nitrogens with one attached hydrogen (secondary N) is 2. The largest absolute Gasteiger partial charge is 0.491 e. The van der Waals surface area contributed by atoms with Crippen LogP contribution in [0.15, 0.2) is 48.5 Å². The zero-order chi connectivity index (χ0) is 19.1. The van der Waals surface area contributed by atoms with E-state index in [0.717, 1.165) is 22.6 Å². The topological polar surface area (TPSA) is 67.4 Å². The molecule has 0 aromatic heterocycles. The van der Waals surface area contributed by atoms with Crippen molar-refractivity contribution in [3.8, 4) is 5.75 Å². The van der Waals surface area contributed by atoms with Crippen LogP contribution >= 0.6 is 0 Å². The van der Waals surface area contributed by atoms with Crippen LogP contribution in [0.5, 0.6) is 5.75 Å². The van der Waals surface area contributed by atoms with E-state index >= 15 is 0 Å². The van der Waals surface area contributed by atoms with Crippen molar-refractivity contribution in [3.05, 3.63) is 65.2 Å². The summed E-state index contributed by atoms with van der Waals surface area (Å²) in [6, 6.07) is 12.6. The summed E-state index contributed by atoms with van der Waals surface area (Å²) in [5.74, 6) is 0.418. The summed E-state index contributed by atoms with van der Waals surface area (Å²) >= 11 is 0. The van der Waals surface area contributed by atoms with Gasteiger partial charge in [0.25, 0.3) is 5.91 Å². The first kappa shape index (κ1) is 19.2. The average Bonchev–Trinajstić information content (AvgIpc) is 2.61. The van der Waals surface area contributed by atoms with Gasteiger partial charge in [0.05, 0.1) is 6.10 Å². The van der Waals surface area contributed by atoms with Crippen molar-refractivity contribution in [2.24, 2.45) is 0 Å². The molecule has 2 rings (SSSR count). The van der Waals surface area contributed by atoms with E-state index in [2.05, 4.69) is 10.6 Å². The lowest BCUT2D eigenvalue weighted by Gasteiger charge is -2.12. The molecule has 0 fully saturated rings. The van der Waals surface area contributed by atoms with Crippen molar-refractivity contribution in [1.82, 2.24) is 5.32 Å². The summed E-state index contributed by atoms with van der Waals surface area (Å²) in [6.45, 7) is 5.86. The Hall–Kier alpha value is -3.08. The Kier molecular flexibility index (Phi) is 6.55. The summed E-state index contributed by atoms with van der Waals surface area (Å²) in [4.78, 5) is 23.6. The lowest BCUT2D eigenvalue weighted by atomic mass is 10.1. The fraction of sp³-hybridized carbons (Fsp3) is 0.238. The number of carbonyl (C=O) groups excluding carboxylic acids is 2. The molecule has 0 aliphatic heterocycles. The SMILES string of the molecule is CNC(=O)c1ccc(C=CC(=O)Nc2ccc(OC(C)C)cc2C)cc1. The number of ether oxygens (including phenoxy) is 1. The van der Waals surface area contributed by atoms with Crippen LogP contribution in [-0.2, 0) is 4.79 Å². The van der Waals surface area contributed by atoms with E-state index in [4.69, 9.17) is 4.74 Å². The van der Waals surface area contributed by atoms with Crippen LogP contribution in [0.4, 0.5) is 5.69 Å². The number of benzene rings is 2. The molecule has 0 aliphatic rings. The predicted molar refractivity (Wildman–Crippen MR) is 104 cm³/mol. The van der Waals surface area contributed by atoms with Crippen molar-refractivity contribution >= 4 is 23.6 Å². The molecule has 0 saturated heterocycles. The summed E-state index contributed by atoms with van der Waals surface area (Å²) < 4.78 is 5.64. The van der Waals surface area contributed by atoms with Gasteiger partial charge in [-0.15, -0.1) is 0 Å². The highest BCUT2D eigenvalue weighted by atomic mass is 16.5. The van der Waals surface area contributed by atoms with Gasteiger partial charge < -0.3 is 15.4 Å². The number of anilines is 1. The number of amides is 2. The third kappa shape index (κ3) is 5.48. The van der Waals surface area contributed by atoms with E-state index in [1.165, 1.54) is 6.08 Å². The van der Waals surface area contributed by atoms with Crippen molar-refractivity contribution in [2.45, 2.75) is 26.9 Å². The van der Waals surface area contributed by atoms with Crippen LogP contribution in [-0.4, -0.2) is 25.0 Å². The van der Waals surface area contributed by atoms with Crippen LogP contribution in [0.2, 0.25) is 0 Å². The fourth-order valence-corrected chi connectivity index (χ4v) is 2.36. The zero-order valence-corrected chi connectivity index (χ0v) is 15.5. The van der Waals surface area contributed by atoms with Gasteiger partial charge in [-0.1, -0.05) is 12.1 Å². The molecule has 2 N–H and O–H groups in total. The predicted octanol–water partition coefficient (Wildman–Crippen LogP) is 3.79. The molecule has 136 valence electrons. The second-order valence-electron chi connectivity index (χ2n) is 6.17. The van der Waals surface area contributed by atoms with Gasteiger partial charge in [0.2, 0.25) is 5.91 Å². The van der Waals surface area contributed by atoms with Crippen LogP contribution in [0.25, 0.3) is 6.08 Å². The molecule has 0 unspecified atom stereocenters. The molecule has 0 spiro atoms. The minimum atomic E-state index is -0.221. The molecular formula is C21H24N2O3. The Morgan fingerprint density at radius 1 is 1.08 bits per heavy atom. The number of hydrogen-bond acceptors (Lipinski definition) is 3. The summed E-state index contributed by atoms with van der Waals surface area (Å²) in [6.07, 6.45) is 3.27. The Morgan fingerprint density at radius 3 is 2.35 bits per heavy atom. The van der Waals surface area contributed by atoms with E-state index in [0.29, 0.717) is 5.56 Å². The standard InChI is InChI=1S/C21H24N2O3/c1-14(2)26-18-10-11-19(15(3)13-18)23-20(24)12-7-16-5-8-17(9-6-16)21(25)22-4/h5-14H,1-4H3,(H,22,25)(H,23,24). The Labute approximate surface area is 154 Å². The molecule has 2 amide bonds. The Balaban J connectivity index is 1.99. The maximum Gasteiger partial charge on any atom is 0.251 e. The normalized spacial score (nSPS) is 10.8. The first-order valence-corrected chi connectivity index (χ1v) is 8.47. The summed E-state index contributed by atoms with van der Waals surface area (Å²) in [5.41, 5.74) is 3.09. The van der Waals surface area contributed by atoms with Crippen molar-refractivity contribution in [1.29, 1.82) is 0 Å². The minimum absolute atomic E-state index is 0.104. The molecule has 5 heteroatoms. The molecule has 0 bridgehead atoms. The van der Waals surface area contributed by atoms with Crippen molar-refractivity contribution in [3.63, 3.8) is 0 Å². The maximum atomic E-state index is 12.1. The molecule has 26 heavy (non-hydrogen) atoms. The first-order valence-electron chi connectivity index (χ1n) is 8.47. The van der Waals surface area contributed by atoms with E-state index in [1.807, 2.05) is 39.0 Å². The highest BCUT2D eigenvalue weighted by Gasteiger charge is 2.05. The van der Waals surface area contributed by atoms with Gasteiger partial charge in [-0.05, 0) is 68.3 Å². The molecule has 2 aromatic carbocycles. The third-order valence-corrected chi connectivity index (χ3v) is 3.65. The number of carbonyl (C=O) groups is 2. The van der Waals surface area contributed by atoms with Crippen molar-refractivity contribution in [2.75, 3.05) is 12.4 Å². The fourth-order valence-electron chi connectivity index (χ4n) is 2.36. The molecule has 0 aliphatic carbocycles. The number of rotatable bonds is 6. The summed E-state index contributed by atoms with van der Waals surface area (Å²) in [7, 11) is 1.59. The lowest BCUT2D eigenvalue weighted by molar-refractivity contribution is -0.111. The maximum absolute atomic E-state index is 12.1. The first-order chi connectivity index (χ1) is 12.4. The van der Waals surface area contributed by atoms with Crippen LogP contribution in [0, 0.1) is 6.92 Å². The molecule has 0 saturated carbocycles. The third-order valence-electron chi connectivity index (χ3n) is 3.65. The van der Waals surface area contributed by atoms with Crippen LogP contribution in [0.1, 0.15) is 35.3 Å².